The van der Waals surface area contributed by atoms with E-state index >= 15 is 0 Å². The summed E-state index contributed by atoms with van der Waals surface area (Å²) >= 11 is 1.34. The van der Waals surface area contributed by atoms with Crippen LogP contribution in [0.1, 0.15) is 23.6 Å². The molecule has 0 spiro atoms. The largest absolute Gasteiger partial charge is 0.360 e. The van der Waals surface area contributed by atoms with E-state index in [4.69, 9.17) is 4.52 Å². The number of nitrogens with one attached hydrogen (secondary N) is 1. The molecule has 2 aromatic rings. The lowest BCUT2D eigenvalue weighted by Crippen LogP contribution is -2.37. The Morgan fingerprint density at radius 3 is 3.19 bits per heavy atom. The van der Waals surface area contributed by atoms with E-state index in [9.17, 15) is 4.39 Å². The van der Waals surface area contributed by atoms with Crippen molar-refractivity contribution in [3.05, 3.63) is 28.6 Å². The summed E-state index contributed by atoms with van der Waals surface area (Å²) in [5.41, 5.74) is 1.78. The van der Waals surface area contributed by atoms with E-state index in [1.807, 2.05) is 18.4 Å². The molecular formula is C13H18FN5OS. The van der Waals surface area contributed by atoms with Crippen molar-refractivity contribution in [3.8, 4) is 0 Å². The fourth-order valence-corrected chi connectivity index (χ4v) is 3.10. The van der Waals surface area contributed by atoms with Gasteiger partial charge in [-0.25, -0.2) is 4.39 Å². The van der Waals surface area contributed by atoms with Crippen LogP contribution in [-0.2, 0) is 13.1 Å². The molecule has 3 heterocycles. The molecule has 0 aromatic carbocycles. The van der Waals surface area contributed by atoms with E-state index < -0.39 is 6.17 Å². The molecule has 3 rings (SSSR count). The molecule has 2 atom stereocenters. The van der Waals surface area contributed by atoms with Crippen LogP contribution < -0.4 is 5.32 Å². The minimum Gasteiger partial charge on any atom is -0.360 e. The van der Waals surface area contributed by atoms with Gasteiger partial charge in [0.1, 0.15) is 6.17 Å². The van der Waals surface area contributed by atoms with Gasteiger partial charge in [-0.2, -0.15) is 0 Å². The first-order valence-corrected chi connectivity index (χ1v) is 7.81. The number of likely N-dealkylation sites (tertiary alicyclic amines) is 1. The van der Waals surface area contributed by atoms with Crippen molar-refractivity contribution in [3.63, 3.8) is 0 Å². The number of alkyl halides is 1. The number of aromatic nitrogens is 3. The highest BCUT2D eigenvalue weighted by Crippen LogP contribution is 2.22. The number of halogens is 1. The van der Waals surface area contributed by atoms with E-state index in [0.29, 0.717) is 26.1 Å². The summed E-state index contributed by atoms with van der Waals surface area (Å²) in [6.07, 6.45) is -0.225. The van der Waals surface area contributed by atoms with Gasteiger partial charge in [0.05, 0.1) is 17.9 Å². The molecule has 0 unspecified atom stereocenters. The third kappa shape index (κ3) is 3.84. The van der Waals surface area contributed by atoms with Gasteiger partial charge < -0.3 is 9.84 Å². The fourth-order valence-electron chi connectivity index (χ4n) is 2.65. The summed E-state index contributed by atoms with van der Waals surface area (Å²) in [5, 5.41) is 13.1. The number of nitrogens with zero attached hydrogens (tertiary/aromatic N) is 4. The number of hydrogen-bond acceptors (Lipinski definition) is 7. The zero-order valence-corrected chi connectivity index (χ0v) is 12.6. The second-order valence-corrected chi connectivity index (χ2v) is 5.99. The van der Waals surface area contributed by atoms with E-state index in [0.717, 1.165) is 23.7 Å². The third-order valence-electron chi connectivity index (χ3n) is 3.60. The summed E-state index contributed by atoms with van der Waals surface area (Å²) in [6, 6.07) is 2.06. The first kappa shape index (κ1) is 14.6. The van der Waals surface area contributed by atoms with Gasteiger partial charge in [0.2, 0.25) is 0 Å². The Balaban J connectivity index is 1.52. The number of hydrogen-bond donors (Lipinski definition) is 1. The van der Waals surface area contributed by atoms with E-state index in [-0.39, 0.29) is 6.04 Å². The van der Waals surface area contributed by atoms with Gasteiger partial charge in [-0.3, -0.25) is 4.90 Å². The van der Waals surface area contributed by atoms with Crippen molar-refractivity contribution < 1.29 is 8.91 Å². The van der Waals surface area contributed by atoms with Gasteiger partial charge in [0.15, 0.2) is 5.76 Å². The maximum atomic E-state index is 13.7. The van der Waals surface area contributed by atoms with Gasteiger partial charge >= 0.3 is 0 Å². The molecule has 21 heavy (non-hydrogen) atoms. The van der Waals surface area contributed by atoms with Crippen LogP contribution in [0.15, 0.2) is 16.0 Å². The topological polar surface area (TPSA) is 67.1 Å². The molecule has 0 radical (unpaired) electrons. The van der Waals surface area contributed by atoms with Crippen molar-refractivity contribution in [1.82, 2.24) is 25.0 Å². The normalized spacial score (nSPS) is 23.0. The molecule has 1 aliphatic rings. The standard InChI is InChI=1S/C13H18FN5OS/c1-9-2-13(20-17-9)7-19-6-10(14)3-12(19)5-15-4-11-8-21-18-16-11/h2,8,10,12,15H,3-7H2,1H3/t10-,12-/m0/s1. The lowest BCUT2D eigenvalue weighted by molar-refractivity contribution is 0.204. The molecule has 1 N–H and O–H groups in total. The molecule has 2 aromatic heterocycles. The Bertz CT molecular complexity index is 561. The predicted molar refractivity (Wildman–Crippen MR) is 76.6 cm³/mol. The Hall–Kier alpha value is -1.38. The highest BCUT2D eigenvalue weighted by Gasteiger charge is 2.32. The minimum absolute atomic E-state index is 0.164. The monoisotopic (exact) mass is 311 g/mol. The van der Waals surface area contributed by atoms with Gasteiger partial charge in [0.25, 0.3) is 0 Å². The summed E-state index contributed by atoms with van der Waals surface area (Å²) in [6.45, 7) is 4.33. The minimum atomic E-state index is -0.776. The maximum absolute atomic E-state index is 13.7. The van der Waals surface area contributed by atoms with E-state index in [1.165, 1.54) is 11.5 Å². The van der Waals surface area contributed by atoms with Gasteiger partial charge in [0, 0.05) is 37.1 Å². The summed E-state index contributed by atoms with van der Waals surface area (Å²) in [7, 11) is 0. The van der Waals surface area contributed by atoms with Crippen molar-refractivity contribution in [1.29, 1.82) is 0 Å². The Morgan fingerprint density at radius 1 is 1.57 bits per heavy atom. The van der Waals surface area contributed by atoms with Crippen LogP contribution in [-0.4, -0.2) is 44.9 Å². The number of rotatable bonds is 6. The predicted octanol–water partition coefficient (Wildman–Crippen LogP) is 1.54. The zero-order valence-electron chi connectivity index (χ0n) is 11.8. The second-order valence-electron chi connectivity index (χ2n) is 5.38. The zero-order chi connectivity index (χ0) is 14.7. The highest BCUT2D eigenvalue weighted by molar-refractivity contribution is 7.03. The molecule has 0 saturated carbocycles. The molecule has 8 heteroatoms. The molecule has 1 fully saturated rings. The molecule has 0 aliphatic carbocycles. The van der Waals surface area contributed by atoms with Crippen LogP contribution in [0, 0.1) is 6.92 Å². The molecule has 1 saturated heterocycles. The van der Waals surface area contributed by atoms with Crippen LogP contribution >= 0.6 is 11.5 Å². The third-order valence-corrected chi connectivity index (χ3v) is 4.16. The van der Waals surface area contributed by atoms with Crippen LogP contribution in [0.2, 0.25) is 0 Å². The van der Waals surface area contributed by atoms with Gasteiger partial charge in [-0.15, -0.1) is 5.10 Å². The smallest absolute Gasteiger partial charge is 0.150 e. The Labute approximate surface area is 126 Å². The molecular weight excluding hydrogens is 293 g/mol. The molecule has 114 valence electrons. The average molecular weight is 311 g/mol. The van der Waals surface area contributed by atoms with Crippen molar-refractivity contribution in [2.24, 2.45) is 0 Å². The first-order chi connectivity index (χ1) is 10.2. The average Bonchev–Trinajstić information content (AvgIpc) is 3.14. The Morgan fingerprint density at radius 2 is 2.48 bits per heavy atom. The van der Waals surface area contributed by atoms with Crippen molar-refractivity contribution >= 4 is 11.5 Å². The van der Waals surface area contributed by atoms with Gasteiger partial charge in [-0.05, 0) is 24.9 Å². The number of aryl methyl sites for hydroxylation is 1. The molecule has 0 bridgehead atoms. The SMILES string of the molecule is Cc1cc(CN2C[C@@H](F)C[C@H]2CNCc2csnn2)on1. The van der Waals surface area contributed by atoms with Crippen LogP contribution in [0.25, 0.3) is 0 Å². The molecule has 1 aliphatic heterocycles. The highest BCUT2D eigenvalue weighted by atomic mass is 32.1. The van der Waals surface area contributed by atoms with Crippen LogP contribution in [0.5, 0.6) is 0 Å². The first-order valence-electron chi connectivity index (χ1n) is 6.97. The van der Waals surface area contributed by atoms with Crippen molar-refractivity contribution in [2.45, 2.75) is 38.6 Å². The van der Waals surface area contributed by atoms with Crippen LogP contribution in [0.4, 0.5) is 4.39 Å². The van der Waals surface area contributed by atoms with Crippen molar-refractivity contribution in [2.75, 3.05) is 13.1 Å². The molecule has 6 nitrogen and oxygen atoms in total. The van der Waals surface area contributed by atoms with E-state index in [1.54, 1.807) is 0 Å². The summed E-state index contributed by atoms with van der Waals surface area (Å²) in [5.74, 6) is 0.787. The second kappa shape index (κ2) is 6.59. The van der Waals surface area contributed by atoms with Gasteiger partial charge in [-0.1, -0.05) is 9.64 Å². The fraction of sp³-hybridized carbons (Fsp3) is 0.615. The summed E-state index contributed by atoms with van der Waals surface area (Å²) in [4.78, 5) is 2.11. The molecule has 0 amide bonds. The van der Waals surface area contributed by atoms with E-state index in [2.05, 4.69) is 25.0 Å². The Kier molecular flexibility index (Phi) is 4.57. The summed E-state index contributed by atoms with van der Waals surface area (Å²) < 4.78 is 22.7. The lowest BCUT2D eigenvalue weighted by atomic mass is 10.2. The van der Waals surface area contributed by atoms with Crippen LogP contribution in [0.3, 0.4) is 0 Å². The quantitative estimate of drug-likeness (QED) is 0.873. The maximum Gasteiger partial charge on any atom is 0.150 e. The lowest BCUT2D eigenvalue weighted by Gasteiger charge is -2.22.